The molecule has 0 aromatic carbocycles. The lowest BCUT2D eigenvalue weighted by Gasteiger charge is -2.26. The van der Waals surface area contributed by atoms with Crippen LogP contribution in [0.25, 0.3) is 0 Å². The van der Waals surface area contributed by atoms with Gasteiger partial charge in [-0.1, -0.05) is 0 Å². The molecule has 0 saturated carbocycles. The SMILES string of the molecule is CSCC(C)N(C)C(=O)NC(CCC(=O)O)C(=O)O. The van der Waals surface area contributed by atoms with Crippen LogP contribution >= 0.6 is 11.8 Å². The monoisotopic (exact) mass is 292 g/mol. The van der Waals surface area contributed by atoms with Crippen molar-refractivity contribution >= 4 is 29.7 Å². The normalized spacial score (nSPS) is 13.4. The summed E-state index contributed by atoms with van der Waals surface area (Å²) in [5.74, 6) is -1.60. The van der Waals surface area contributed by atoms with Crippen molar-refractivity contribution in [2.45, 2.75) is 31.8 Å². The van der Waals surface area contributed by atoms with E-state index in [0.717, 1.165) is 5.75 Å². The molecule has 110 valence electrons. The summed E-state index contributed by atoms with van der Waals surface area (Å²) < 4.78 is 0. The third-order valence-electron chi connectivity index (χ3n) is 2.63. The van der Waals surface area contributed by atoms with Crippen LogP contribution in [-0.4, -0.2) is 64.2 Å². The minimum atomic E-state index is -1.24. The van der Waals surface area contributed by atoms with Gasteiger partial charge >= 0.3 is 18.0 Å². The summed E-state index contributed by atoms with van der Waals surface area (Å²) in [6.45, 7) is 1.85. The van der Waals surface area contributed by atoms with Crippen LogP contribution in [0.3, 0.4) is 0 Å². The number of nitrogens with zero attached hydrogens (tertiary/aromatic N) is 1. The maximum Gasteiger partial charge on any atom is 0.326 e. The Bertz CT molecular complexity index is 337. The number of hydrogen-bond acceptors (Lipinski definition) is 4. The molecule has 0 spiro atoms. The van der Waals surface area contributed by atoms with Crippen LogP contribution in [0.4, 0.5) is 4.79 Å². The van der Waals surface area contributed by atoms with E-state index in [-0.39, 0.29) is 18.9 Å². The van der Waals surface area contributed by atoms with E-state index in [1.807, 2.05) is 13.2 Å². The van der Waals surface area contributed by atoms with Gasteiger partial charge in [0.1, 0.15) is 6.04 Å². The topological polar surface area (TPSA) is 107 Å². The van der Waals surface area contributed by atoms with Crippen molar-refractivity contribution in [1.82, 2.24) is 10.2 Å². The van der Waals surface area contributed by atoms with Gasteiger partial charge in [0.15, 0.2) is 0 Å². The number of aliphatic carboxylic acids is 2. The van der Waals surface area contributed by atoms with Crippen molar-refractivity contribution in [3.63, 3.8) is 0 Å². The summed E-state index contributed by atoms with van der Waals surface area (Å²) in [6, 6.07) is -1.74. The lowest BCUT2D eigenvalue weighted by atomic mass is 10.1. The van der Waals surface area contributed by atoms with E-state index in [9.17, 15) is 14.4 Å². The van der Waals surface area contributed by atoms with E-state index in [4.69, 9.17) is 10.2 Å². The molecule has 0 aromatic heterocycles. The quantitative estimate of drug-likeness (QED) is 0.608. The smallest absolute Gasteiger partial charge is 0.326 e. The number of thioether (sulfide) groups is 1. The van der Waals surface area contributed by atoms with Gasteiger partial charge in [0.25, 0.3) is 0 Å². The number of carboxylic acids is 2. The number of carboxylic acid groups (broad SMARTS) is 2. The molecule has 2 unspecified atom stereocenters. The summed E-state index contributed by atoms with van der Waals surface area (Å²) in [6.07, 6.45) is 1.47. The predicted molar refractivity (Wildman–Crippen MR) is 72.4 cm³/mol. The first-order chi connectivity index (χ1) is 8.79. The molecular formula is C11H20N2O5S. The minimum absolute atomic E-state index is 0.0380. The molecule has 0 aromatic rings. The predicted octanol–water partition coefficient (Wildman–Crippen LogP) is 0.697. The van der Waals surface area contributed by atoms with E-state index in [2.05, 4.69) is 5.32 Å². The number of urea groups is 1. The fourth-order valence-corrected chi connectivity index (χ4v) is 2.04. The summed E-state index contributed by atoms with van der Waals surface area (Å²) >= 11 is 1.58. The Labute approximate surface area is 116 Å². The Balaban J connectivity index is 4.45. The third kappa shape index (κ3) is 6.90. The van der Waals surface area contributed by atoms with Gasteiger partial charge in [-0.2, -0.15) is 11.8 Å². The highest BCUT2D eigenvalue weighted by Crippen LogP contribution is 2.05. The van der Waals surface area contributed by atoms with Gasteiger partial charge in [-0.25, -0.2) is 9.59 Å². The van der Waals surface area contributed by atoms with E-state index in [1.165, 1.54) is 4.90 Å². The summed E-state index contributed by atoms with van der Waals surface area (Å²) in [5, 5.41) is 19.8. The lowest BCUT2D eigenvalue weighted by molar-refractivity contribution is -0.140. The maximum atomic E-state index is 11.8. The van der Waals surface area contributed by atoms with Crippen molar-refractivity contribution in [3.8, 4) is 0 Å². The highest BCUT2D eigenvalue weighted by atomic mass is 32.2. The van der Waals surface area contributed by atoms with Crippen LogP contribution in [-0.2, 0) is 9.59 Å². The average molecular weight is 292 g/mol. The van der Waals surface area contributed by atoms with E-state index in [0.29, 0.717) is 0 Å². The number of nitrogens with one attached hydrogen (secondary N) is 1. The van der Waals surface area contributed by atoms with Crippen LogP contribution in [0.1, 0.15) is 19.8 Å². The molecule has 0 aliphatic rings. The fourth-order valence-electron chi connectivity index (χ4n) is 1.33. The van der Waals surface area contributed by atoms with Crippen molar-refractivity contribution in [1.29, 1.82) is 0 Å². The standard InChI is InChI=1S/C11H20N2O5S/c1-7(6-19-3)13(2)11(18)12-8(10(16)17)4-5-9(14)15/h7-8H,4-6H2,1-3H3,(H,12,18)(H,14,15)(H,16,17). The first-order valence-corrected chi connectivity index (χ1v) is 7.15. The Kier molecular flexibility index (Phi) is 7.97. The molecule has 3 N–H and O–H groups in total. The highest BCUT2D eigenvalue weighted by molar-refractivity contribution is 7.98. The van der Waals surface area contributed by atoms with Crippen LogP contribution in [0.5, 0.6) is 0 Å². The molecule has 0 fully saturated rings. The van der Waals surface area contributed by atoms with Gasteiger partial charge < -0.3 is 20.4 Å². The second kappa shape index (κ2) is 8.63. The second-order valence-electron chi connectivity index (χ2n) is 4.19. The van der Waals surface area contributed by atoms with Crippen molar-refractivity contribution < 1.29 is 24.6 Å². The molecule has 19 heavy (non-hydrogen) atoms. The first kappa shape index (κ1) is 17.6. The zero-order valence-electron chi connectivity index (χ0n) is 11.3. The molecule has 0 bridgehead atoms. The van der Waals surface area contributed by atoms with Crippen LogP contribution in [0, 0.1) is 0 Å². The van der Waals surface area contributed by atoms with E-state index >= 15 is 0 Å². The first-order valence-electron chi connectivity index (χ1n) is 5.76. The molecule has 0 rings (SSSR count). The molecule has 0 saturated heterocycles. The van der Waals surface area contributed by atoms with Crippen molar-refractivity contribution in [2.75, 3.05) is 19.1 Å². The minimum Gasteiger partial charge on any atom is -0.481 e. The largest absolute Gasteiger partial charge is 0.481 e. The van der Waals surface area contributed by atoms with Crippen molar-refractivity contribution in [3.05, 3.63) is 0 Å². The molecule has 2 amide bonds. The Morgan fingerprint density at radius 3 is 2.32 bits per heavy atom. The van der Waals surface area contributed by atoms with Crippen LogP contribution in [0.15, 0.2) is 0 Å². The van der Waals surface area contributed by atoms with Gasteiger partial charge in [0.05, 0.1) is 0 Å². The number of rotatable bonds is 8. The average Bonchev–Trinajstić information content (AvgIpc) is 2.32. The molecular weight excluding hydrogens is 272 g/mol. The highest BCUT2D eigenvalue weighted by Gasteiger charge is 2.24. The molecule has 0 aliphatic heterocycles. The van der Waals surface area contributed by atoms with Crippen LogP contribution < -0.4 is 5.32 Å². The third-order valence-corrected chi connectivity index (χ3v) is 3.45. The van der Waals surface area contributed by atoms with Gasteiger partial charge in [0, 0.05) is 25.3 Å². The summed E-state index contributed by atoms with van der Waals surface area (Å²) in [7, 11) is 1.58. The van der Waals surface area contributed by atoms with E-state index < -0.39 is 24.0 Å². The van der Waals surface area contributed by atoms with Crippen molar-refractivity contribution in [2.24, 2.45) is 0 Å². The molecule has 0 aliphatic carbocycles. The fraction of sp³-hybridized carbons (Fsp3) is 0.727. The number of carbonyl (C=O) groups excluding carboxylic acids is 1. The number of carbonyl (C=O) groups is 3. The molecule has 0 heterocycles. The van der Waals surface area contributed by atoms with Gasteiger partial charge in [0.2, 0.25) is 0 Å². The van der Waals surface area contributed by atoms with Gasteiger partial charge in [-0.3, -0.25) is 4.79 Å². The summed E-state index contributed by atoms with van der Waals surface area (Å²) in [4.78, 5) is 34.6. The second-order valence-corrected chi connectivity index (χ2v) is 5.10. The Morgan fingerprint density at radius 2 is 1.89 bits per heavy atom. The summed E-state index contributed by atoms with van der Waals surface area (Å²) in [5.41, 5.74) is 0. The van der Waals surface area contributed by atoms with Gasteiger partial charge in [-0.15, -0.1) is 0 Å². The zero-order valence-corrected chi connectivity index (χ0v) is 12.1. The molecule has 8 heteroatoms. The number of hydrogen-bond donors (Lipinski definition) is 3. The lowest BCUT2D eigenvalue weighted by Crippen LogP contribution is -2.49. The van der Waals surface area contributed by atoms with Gasteiger partial charge in [-0.05, 0) is 19.6 Å². The maximum absolute atomic E-state index is 11.8. The van der Waals surface area contributed by atoms with Crippen LogP contribution in [0.2, 0.25) is 0 Å². The molecule has 7 nitrogen and oxygen atoms in total. The Hall–Kier alpha value is -1.44. The molecule has 0 radical (unpaired) electrons. The molecule has 2 atom stereocenters. The zero-order chi connectivity index (χ0) is 15.0. The van der Waals surface area contributed by atoms with E-state index in [1.54, 1.807) is 18.8 Å². The number of amides is 2. The Morgan fingerprint density at radius 1 is 1.32 bits per heavy atom.